The van der Waals surface area contributed by atoms with E-state index in [0.717, 1.165) is 44.1 Å². The van der Waals surface area contributed by atoms with Crippen LogP contribution in [0.5, 0.6) is 0 Å². The van der Waals surface area contributed by atoms with Gasteiger partial charge in [-0.15, -0.1) is 0 Å². The molecule has 3 heteroatoms. The number of unbranched alkanes of at least 4 members (excludes halogenated alkanes) is 2. The van der Waals surface area contributed by atoms with Crippen LogP contribution in [0.4, 0.5) is 0 Å². The zero-order valence-corrected chi connectivity index (χ0v) is 18.4. The van der Waals surface area contributed by atoms with Gasteiger partial charge in [0, 0.05) is 6.92 Å². The van der Waals surface area contributed by atoms with Crippen LogP contribution in [0.25, 0.3) is 0 Å². The highest BCUT2D eigenvalue weighted by atomic mass is 16.5. The molecule has 0 aliphatic carbocycles. The minimum atomic E-state index is -0.523. The monoisotopic (exact) mass is 385 g/mol. The van der Waals surface area contributed by atoms with Crippen LogP contribution in [0.2, 0.25) is 0 Å². The van der Waals surface area contributed by atoms with Gasteiger partial charge in [0.1, 0.15) is 0 Å². The number of rotatable bonds is 14. The molecule has 0 aromatic heterocycles. The molecule has 3 unspecified atom stereocenters. The highest BCUT2D eigenvalue weighted by Gasteiger charge is 2.41. The van der Waals surface area contributed by atoms with Gasteiger partial charge in [-0.3, -0.25) is 4.79 Å². The molecule has 0 amide bonds. The molecule has 0 saturated carbocycles. The second kappa shape index (κ2) is 13.4. The lowest BCUT2D eigenvalue weighted by atomic mass is 9.63. The van der Waals surface area contributed by atoms with Gasteiger partial charge in [-0.1, -0.05) is 83.2 Å². The summed E-state index contributed by atoms with van der Waals surface area (Å²) < 4.78 is 5.37. The Labute approximate surface area is 172 Å². The van der Waals surface area contributed by atoms with Crippen LogP contribution < -0.4 is 0 Å². The van der Waals surface area contributed by atoms with E-state index in [1.54, 1.807) is 0 Å². The molecule has 0 N–H and O–H groups in total. The third-order valence-electron chi connectivity index (χ3n) is 5.81. The smallest absolute Gasteiger partial charge is 0.302 e. The molecule has 3 atom stereocenters. The molecule has 1 rings (SSSR count). The molecule has 28 heavy (non-hydrogen) atoms. The summed E-state index contributed by atoms with van der Waals surface area (Å²) in [6.45, 7) is 8.46. The number of benzene rings is 1. The summed E-state index contributed by atoms with van der Waals surface area (Å²) in [4.78, 5) is 11.4. The van der Waals surface area contributed by atoms with Crippen molar-refractivity contribution in [2.45, 2.75) is 90.9 Å². The maximum Gasteiger partial charge on any atom is 0.302 e. The highest BCUT2D eigenvalue weighted by Crippen LogP contribution is 2.43. The zero-order valence-electron chi connectivity index (χ0n) is 18.4. The van der Waals surface area contributed by atoms with Crippen molar-refractivity contribution >= 4 is 5.97 Å². The third kappa shape index (κ3) is 7.30. The number of nitriles is 1. The lowest BCUT2D eigenvalue weighted by molar-refractivity contribution is -0.142. The predicted molar refractivity (Wildman–Crippen MR) is 116 cm³/mol. The van der Waals surface area contributed by atoms with Gasteiger partial charge in [-0.2, -0.15) is 5.26 Å². The van der Waals surface area contributed by atoms with Crippen LogP contribution in [0.15, 0.2) is 30.3 Å². The van der Waals surface area contributed by atoms with E-state index in [2.05, 4.69) is 39.0 Å². The molecule has 3 nitrogen and oxygen atoms in total. The Morgan fingerprint density at radius 1 is 1.04 bits per heavy atom. The fourth-order valence-electron chi connectivity index (χ4n) is 4.43. The van der Waals surface area contributed by atoms with Crippen LogP contribution in [0.3, 0.4) is 0 Å². The lowest BCUT2D eigenvalue weighted by Gasteiger charge is -2.38. The van der Waals surface area contributed by atoms with E-state index in [1.807, 2.05) is 18.2 Å². The molecule has 0 radical (unpaired) electrons. The lowest BCUT2D eigenvalue weighted by Crippen LogP contribution is -2.37. The van der Waals surface area contributed by atoms with Crippen LogP contribution in [0.1, 0.15) is 91.0 Å². The van der Waals surface area contributed by atoms with E-state index in [4.69, 9.17) is 4.74 Å². The van der Waals surface area contributed by atoms with E-state index in [0.29, 0.717) is 12.5 Å². The van der Waals surface area contributed by atoms with Gasteiger partial charge < -0.3 is 4.74 Å². The fourth-order valence-corrected chi connectivity index (χ4v) is 4.43. The van der Waals surface area contributed by atoms with Crippen LogP contribution in [-0.2, 0) is 14.9 Å². The first-order valence-electron chi connectivity index (χ1n) is 11.1. The van der Waals surface area contributed by atoms with Gasteiger partial charge in [0.15, 0.2) is 0 Å². The van der Waals surface area contributed by atoms with E-state index in [-0.39, 0.29) is 11.9 Å². The Morgan fingerprint density at radius 2 is 1.71 bits per heavy atom. The van der Waals surface area contributed by atoms with E-state index < -0.39 is 5.41 Å². The summed E-state index contributed by atoms with van der Waals surface area (Å²) in [7, 11) is 0. The van der Waals surface area contributed by atoms with Crippen molar-refractivity contribution in [3.63, 3.8) is 0 Å². The molecular weight excluding hydrogens is 346 g/mol. The molecule has 0 aliphatic rings. The van der Waals surface area contributed by atoms with Gasteiger partial charge in [-0.25, -0.2) is 0 Å². The molecule has 0 bridgehead atoms. The highest BCUT2D eigenvalue weighted by molar-refractivity contribution is 5.65. The molecule has 1 aromatic carbocycles. The first-order valence-corrected chi connectivity index (χ1v) is 11.1. The first-order chi connectivity index (χ1) is 13.5. The van der Waals surface area contributed by atoms with Crippen molar-refractivity contribution in [3.05, 3.63) is 35.9 Å². The van der Waals surface area contributed by atoms with Gasteiger partial charge in [0.05, 0.1) is 18.1 Å². The molecule has 0 heterocycles. The SMILES string of the molecule is CCCCCC(CCC)C(C#N)(CC(CCC)COC(C)=O)c1ccccc1. The number of carbonyl (C=O) groups is 1. The summed E-state index contributed by atoms with van der Waals surface area (Å²) in [6, 6.07) is 13.1. The van der Waals surface area contributed by atoms with Crippen LogP contribution >= 0.6 is 0 Å². The average Bonchev–Trinajstić information content (AvgIpc) is 2.70. The topological polar surface area (TPSA) is 50.1 Å². The van der Waals surface area contributed by atoms with Crippen molar-refractivity contribution in [2.75, 3.05) is 6.61 Å². The zero-order chi connectivity index (χ0) is 20.8. The van der Waals surface area contributed by atoms with Gasteiger partial charge in [0.25, 0.3) is 0 Å². The summed E-state index contributed by atoms with van der Waals surface area (Å²) in [5.41, 5.74) is 0.599. The van der Waals surface area contributed by atoms with Crippen molar-refractivity contribution < 1.29 is 9.53 Å². The summed E-state index contributed by atoms with van der Waals surface area (Å²) >= 11 is 0. The Morgan fingerprint density at radius 3 is 2.25 bits per heavy atom. The van der Waals surface area contributed by atoms with Crippen molar-refractivity contribution in [1.82, 2.24) is 0 Å². The predicted octanol–water partition coefficient (Wildman–Crippen LogP) is 6.81. The van der Waals surface area contributed by atoms with Gasteiger partial charge in [-0.05, 0) is 43.1 Å². The Hall–Kier alpha value is -1.82. The van der Waals surface area contributed by atoms with Crippen LogP contribution in [-0.4, -0.2) is 12.6 Å². The van der Waals surface area contributed by atoms with Crippen molar-refractivity contribution in [3.8, 4) is 6.07 Å². The Kier molecular flexibility index (Phi) is 11.6. The number of carbonyl (C=O) groups excluding carboxylic acids is 1. The summed E-state index contributed by atoms with van der Waals surface area (Å²) in [5, 5.41) is 10.5. The van der Waals surface area contributed by atoms with E-state index in [1.165, 1.54) is 26.2 Å². The van der Waals surface area contributed by atoms with E-state index in [9.17, 15) is 10.1 Å². The minimum Gasteiger partial charge on any atom is -0.466 e. The first kappa shape index (κ1) is 24.2. The molecule has 0 saturated heterocycles. The number of hydrogen-bond donors (Lipinski definition) is 0. The maximum atomic E-state index is 11.4. The summed E-state index contributed by atoms with van der Waals surface area (Å²) in [6.07, 6.45) is 9.53. The second-order valence-electron chi connectivity index (χ2n) is 8.09. The molecule has 156 valence electrons. The quantitative estimate of drug-likeness (QED) is 0.261. The number of nitrogens with zero attached hydrogens (tertiary/aromatic N) is 1. The Bertz CT molecular complexity index is 592. The van der Waals surface area contributed by atoms with Gasteiger partial charge in [0.2, 0.25) is 0 Å². The fraction of sp³-hybridized carbons (Fsp3) is 0.680. The van der Waals surface area contributed by atoms with Crippen molar-refractivity contribution in [2.24, 2.45) is 11.8 Å². The van der Waals surface area contributed by atoms with E-state index >= 15 is 0 Å². The molecular formula is C25H39NO2. The molecule has 1 aromatic rings. The standard InChI is InChI=1S/C25H39NO2/c1-5-8-10-15-23(14-7-3)25(20-26,24-16-11-9-12-17-24)18-22(13-6-2)19-28-21(4)27/h9,11-12,16-17,22-23H,5-8,10,13-15,18-19H2,1-4H3. The number of ether oxygens (including phenoxy) is 1. The molecule has 0 spiro atoms. The number of hydrogen-bond acceptors (Lipinski definition) is 3. The molecule has 0 fully saturated rings. The van der Waals surface area contributed by atoms with Crippen LogP contribution in [0, 0.1) is 23.2 Å². The van der Waals surface area contributed by atoms with Crippen molar-refractivity contribution in [1.29, 1.82) is 5.26 Å². The second-order valence-corrected chi connectivity index (χ2v) is 8.09. The third-order valence-corrected chi connectivity index (χ3v) is 5.81. The minimum absolute atomic E-state index is 0.208. The maximum absolute atomic E-state index is 11.4. The largest absolute Gasteiger partial charge is 0.466 e. The number of esters is 1. The normalized spacial score (nSPS) is 15.2. The average molecular weight is 386 g/mol. The summed E-state index contributed by atoms with van der Waals surface area (Å²) in [5.74, 6) is 0.295. The molecule has 0 aliphatic heterocycles. The van der Waals surface area contributed by atoms with Gasteiger partial charge >= 0.3 is 5.97 Å². The Balaban J connectivity index is 3.26.